The number of aliphatic hydroxyl groups is 1. The third kappa shape index (κ3) is 3.85. The van der Waals surface area contributed by atoms with E-state index in [4.69, 9.17) is 5.11 Å². The number of rotatable bonds is 5. The first-order valence-electron chi connectivity index (χ1n) is 6.91. The molecule has 0 bridgehead atoms. The highest BCUT2D eigenvalue weighted by Crippen LogP contribution is 2.24. The van der Waals surface area contributed by atoms with Gasteiger partial charge < -0.3 is 15.7 Å². The molecule has 0 unspecified atom stereocenters. The number of aromatic nitrogens is 2. The van der Waals surface area contributed by atoms with Crippen molar-refractivity contribution in [2.75, 3.05) is 23.8 Å². The number of benzene rings is 2. The van der Waals surface area contributed by atoms with Gasteiger partial charge in [0.2, 0.25) is 5.95 Å². The number of halogens is 2. The van der Waals surface area contributed by atoms with Crippen LogP contribution in [0.5, 0.6) is 0 Å². The fourth-order valence-corrected chi connectivity index (χ4v) is 2.12. The van der Waals surface area contributed by atoms with Crippen LogP contribution in [0.1, 0.15) is 0 Å². The molecule has 0 atom stereocenters. The van der Waals surface area contributed by atoms with Gasteiger partial charge in [-0.1, -0.05) is 24.3 Å². The van der Waals surface area contributed by atoms with Crippen molar-refractivity contribution in [3.05, 3.63) is 54.3 Å². The molecule has 0 amide bonds. The van der Waals surface area contributed by atoms with Crippen LogP contribution in [0.2, 0.25) is 0 Å². The normalized spacial score (nSPS) is 10.2. The van der Waals surface area contributed by atoms with E-state index in [-0.39, 0.29) is 24.8 Å². The summed E-state index contributed by atoms with van der Waals surface area (Å²) in [5, 5.41) is 15.7. The SMILES string of the molecule is Cl.OCCNc1nc(Nc2ccccc2F)nc2ccccc12. The molecule has 0 aliphatic heterocycles. The van der Waals surface area contributed by atoms with E-state index in [9.17, 15) is 4.39 Å². The summed E-state index contributed by atoms with van der Waals surface area (Å²) in [5.74, 6) is 0.520. The van der Waals surface area contributed by atoms with Gasteiger partial charge in [0.05, 0.1) is 17.8 Å². The lowest BCUT2D eigenvalue weighted by atomic mass is 10.2. The lowest BCUT2D eigenvalue weighted by Gasteiger charge is -2.11. The Morgan fingerprint density at radius 2 is 1.74 bits per heavy atom. The molecule has 0 saturated carbocycles. The third-order valence-electron chi connectivity index (χ3n) is 3.13. The molecule has 2 aromatic carbocycles. The van der Waals surface area contributed by atoms with Crippen LogP contribution in [0.15, 0.2) is 48.5 Å². The minimum Gasteiger partial charge on any atom is -0.395 e. The number of aliphatic hydroxyl groups excluding tert-OH is 1. The molecule has 0 fully saturated rings. The van der Waals surface area contributed by atoms with Crippen molar-refractivity contribution in [3.63, 3.8) is 0 Å². The second kappa shape index (κ2) is 7.71. The van der Waals surface area contributed by atoms with Crippen LogP contribution in [0.25, 0.3) is 10.9 Å². The smallest absolute Gasteiger partial charge is 0.229 e. The average molecular weight is 335 g/mol. The number of nitrogens with zero attached hydrogens (tertiary/aromatic N) is 2. The van der Waals surface area contributed by atoms with Gasteiger partial charge in [-0.25, -0.2) is 9.37 Å². The summed E-state index contributed by atoms with van der Waals surface area (Å²) >= 11 is 0. The van der Waals surface area contributed by atoms with E-state index in [1.54, 1.807) is 18.2 Å². The Balaban J connectivity index is 0.00000192. The lowest BCUT2D eigenvalue weighted by molar-refractivity contribution is 0.311. The number of nitrogens with one attached hydrogen (secondary N) is 2. The number of hydrogen-bond donors (Lipinski definition) is 3. The maximum Gasteiger partial charge on any atom is 0.229 e. The van der Waals surface area contributed by atoms with Crippen molar-refractivity contribution in [2.24, 2.45) is 0 Å². The third-order valence-corrected chi connectivity index (χ3v) is 3.13. The second-order valence-corrected chi connectivity index (χ2v) is 4.67. The van der Waals surface area contributed by atoms with Crippen molar-refractivity contribution in [1.82, 2.24) is 9.97 Å². The molecule has 1 heterocycles. The molecule has 0 radical (unpaired) electrons. The first kappa shape index (κ1) is 16.9. The van der Waals surface area contributed by atoms with Gasteiger partial charge in [0.15, 0.2) is 0 Å². The molecule has 7 heteroatoms. The van der Waals surface area contributed by atoms with Crippen molar-refractivity contribution >= 4 is 40.8 Å². The minimum absolute atomic E-state index is 0. The summed E-state index contributed by atoms with van der Waals surface area (Å²) < 4.78 is 13.7. The highest BCUT2D eigenvalue weighted by Gasteiger charge is 2.09. The fraction of sp³-hybridized carbons (Fsp3) is 0.125. The predicted octanol–water partition coefficient (Wildman–Crippen LogP) is 3.34. The zero-order chi connectivity index (χ0) is 15.4. The molecule has 0 spiro atoms. The Kier molecular flexibility index (Phi) is 5.67. The van der Waals surface area contributed by atoms with E-state index < -0.39 is 0 Å². The van der Waals surface area contributed by atoms with Gasteiger partial charge in [0.1, 0.15) is 11.6 Å². The van der Waals surface area contributed by atoms with Crippen LogP contribution in [0, 0.1) is 5.82 Å². The van der Waals surface area contributed by atoms with Crippen LogP contribution < -0.4 is 10.6 Å². The Bertz CT molecular complexity index is 800. The molecule has 5 nitrogen and oxygen atoms in total. The minimum atomic E-state index is -0.371. The number of para-hydroxylation sites is 2. The van der Waals surface area contributed by atoms with E-state index in [0.29, 0.717) is 24.0 Å². The van der Waals surface area contributed by atoms with Crippen molar-refractivity contribution < 1.29 is 9.50 Å². The van der Waals surface area contributed by atoms with Gasteiger partial charge in [-0.3, -0.25) is 0 Å². The van der Waals surface area contributed by atoms with Crippen LogP contribution >= 0.6 is 12.4 Å². The standard InChI is InChI=1S/C16H15FN4O.ClH/c17-12-6-2-4-8-14(12)20-16-19-13-7-3-1-5-11(13)15(21-16)18-9-10-22;/h1-8,22H,9-10H2,(H2,18,19,20,21);1H. The summed E-state index contributed by atoms with van der Waals surface area (Å²) in [6.07, 6.45) is 0. The zero-order valence-corrected chi connectivity index (χ0v) is 13.0. The molecule has 0 saturated heterocycles. The Labute approximate surface area is 139 Å². The Morgan fingerprint density at radius 1 is 1.00 bits per heavy atom. The summed E-state index contributed by atoms with van der Waals surface area (Å²) in [5.41, 5.74) is 1.04. The molecule has 0 aliphatic rings. The molecular formula is C16H16ClFN4O. The molecule has 3 N–H and O–H groups in total. The zero-order valence-electron chi connectivity index (χ0n) is 12.2. The maximum atomic E-state index is 13.7. The topological polar surface area (TPSA) is 70.1 Å². The van der Waals surface area contributed by atoms with Gasteiger partial charge >= 0.3 is 0 Å². The van der Waals surface area contributed by atoms with E-state index in [1.807, 2.05) is 24.3 Å². The monoisotopic (exact) mass is 334 g/mol. The molecule has 0 aliphatic carbocycles. The van der Waals surface area contributed by atoms with Crippen LogP contribution in [0.4, 0.5) is 21.8 Å². The van der Waals surface area contributed by atoms with Crippen LogP contribution in [-0.2, 0) is 0 Å². The van der Waals surface area contributed by atoms with Gasteiger partial charge in [-0.2, -0.15) is 4.98 Å². The predicted molar refractivity (Wildman–Crippen MR) is 92.0 cm³/mol. The summed E-state index contributed by atoms with van der Waals surface area (Å²) in [4.78, 5) is 8.75. The molecular weight excluding hydrogens is 319 g/mol. The van der Waals surface area contributed by atoms with Crippen LogP contribution in [-0.4, -0.2) is 28.2 Å². The first-order chi connectivity index (χ1) is 10.8. The van der Waals surface area contributed by atoms with Crippen molar-refractivity contribution in [3.8, 4) is 0 Å². The molecule has 3 rings (SSSR count). The lowest BCUT2D eigenvalue weighted by Crippen LogP contribution is -2.09. The van der Waals surface area contributed by atoms with Crippen molar-refractivity contribution in [2.45, 2.75) is 0 Å². The van der Waals surface area contributed by atoms with Gasteiger partial charge in [0, 0.05) is 11.9 Å². The van der Waals surface area contributed by atoms with E-state index in [1.165, 1.54) is 6.07 Å². The Hall–Kier alpha value is -2.44. The number of hydrogen-bond acceptors (Lipinski definition) is 5. The van der Waals surface area contributed by atoms with E-state index in [2.05, 4.69) is 20.6 Å². The van der Waals surface area contributed by atoms with Gasteiger partial charge in [-0.05, 0) is 24.3 Å². The van der Waals surface area contributed by atoms with Gasteiger partial charge in [-0.15, -0.1) is 12.4 Å². The van der Waals surface area contributed by atoms with E-state index >= 15 is 0 Å². The van der Waals surface area contributed by atoms with Crippen LogP contribution in [0.3, 0.4) is 0 Å². The number of fused-ring (bicyclic) bond motifs is 1. The van der Waals surface area contributed by atoms with E-state index in [0.717, 1.165) is 10.9 Å². The number of anilines is 3. The highest BCUT2D eigenvalue weighted by atomic mass is 35.5. The fourth-order valence-electron chi connectivity index (χ4n) is 2.12. The molecule has 3 aromatic rings. The maximum absolute atomic E-state index is 13.7. The summed E-state index contributed by atoms with van der Waals surface area (Å²) in [6.45, 7) is 0.370. The second-order valence-electron chi connectivity index (χ2n) is 4.67. The molecule has 120 valence electrons. The van der Waals surface area contributed by atoms with Gasteiger partial charge in [0.25, 0.3) is 0 Å². The Morgan fingerprint density at radius 3 is 2.52 bits per heavy atom. The highest BCUT2D eigenvalue weighted by molar-refractivity contribution is 5.90. The molecule has 1 aromatic heterocycles. The largest absolute Gasteiger partial charge is 0.395 e. The quantitative estimate of drug-likeness (QED) is 0.667. The summed E-state index contributed by atoms with van der Waals surface area (Å²) in [6, 6.07) is 13.9. The average Bonchev–Trinajstić information content (AvgIpc) is 2.55. The first-order valence-corrected chi connectivity index (χ1v) is 6.91. The van der Waals surface area contributed by atoms with Crippen molar-refractivity contribution in [1.29, 1.82) is 0 Å². The summed E-state index contributed by atoms with van der Waals surface area (Å²) in [7, 11) is 0. The molecule has 23 heavy (non-hydrogen) atoms.